The quantitative estimate of drug-likeness (QED) is 0.209. The molecule has 3 nitrogen and oxygen atoms in total. The van der Waals surface area contributed by atoms with Crippen LogP contribution in [-0.2, 0) is 11.8 Å². The Balaban J connectivity index is 1.25. The van der Waals surface area contributed by atoms with Crippen molar-refractivity contribution in [2.24, 2.45) is 0 Å². The molecule has 44 heavy (non-hydrogen) atoms. The van der Waals surface area contributed by atoms with Crippen molar-refractivity contribution in [1.82, 2.24) is 4.57 Å². The second-order valence-corrected chi connectivity index (χ2v) is 12.6. The van der Waals surface area contributed by atoms with Gasteiger partial charge in [-0.05, 0) is 92.6 Å². The van der Waals surface area contributed by atoms with E-state index in [4.69, 9.17) is 0 Å². The average Bonchev–Trinajstić information content (AvgIpc) is 3.67. The molecule has 214 valence electrons. The number of anilines is 3. The molecular formula is C41H35N3. The van der Waals surface area contributed by atoms with E-state index >= 15 is 0 Å². The van der Waals surface area contributed by atoms with Crippen LogP contribution in [0.1, 0.15) is 35.7 Å². The maximum Gasteiger partial charge on any atom is 0.0733 e. The number of hydrogen-bond donors (Lipinski definition) is 0. The fourth-order valence-corrected chi connectivity index (χ4v) is 8.36. The van der Waals surface area contributed by atoms with Crippen LogP contribution in [0.3, 0.4) is 0 Å². The second kappa shape index (κ2) is 9.24. The van der Waals surface area contributed by atoms with E-state index in [1.807, 2.05) is 0 Å². The Morgan fingerprint density at radius 3 is 2.43 bits per heavy atom. The Hall–Kier alpha value is -5.02. The summed E-state index contributed by atoms with van der Waals surface area (Å²) >= 11 is 0. The van der Waals surface area contributed by atoms with Crippen molar-refractivity contribution >= 4 is 34.0 Å². The standard InChI is InChI=1S/C41H35N3/c1-3-42-39-22-20-33(27-36(39)40-23-10-11-24-41(40,42)28-40)43(30-13-6-4-7-14-30)32-17-12-18-37-35(26-32)34-25-29(2)19-21-38(34)44(37)31-15-8-5-9-16-31/h4-17,19-27H,3,18,28H2,1-2H3. The van der Waals surface area contributed by atoms with Crippen molar-refractivity contribution in [3.8, 4) is 5.69 Å². The SMILES string of the molecule is CCN1c2ccc(N(C3=Cc4c(n(-c5ccccc5)c5ccc(C)cc45)CC=C3)c3ccccc3)cc2C23C=CC=CC12C3. The average molecular weight is 570 g/mol. The minimum atomic E-state index is 0.0763. The van der Waals surface area contributed by atoms with Gasteiger partial charge in [0.1, 0.15) is 0 Å². The monoisotopic (exact) mass is 569 g/mol. The molecule has 3 aliphatic carbocycles. The first kappa shape index (κ1) is 25.5. The molecule has 4 aliphatic rings. The molecule has 5 aromatic rings. The number of likely N-dealkylation sites (N-methyl/N-ethyl adjacent to an activating group) is 1. The molecule has 1 aliphatic heterocycles. The van der Waals surface area contributed by atoms with Crippen molar-refractivity contribution in [3.63, 3.8) is 0 Å². The number of nitrogens with zero attached hydrogens (tertiary/aromatic N) is 3. The smallest absolute Gasteiger partial charge is 0.0733 e. The van der Waals surface area contributed by atoms with Gasteiger partial charge in [0.25, 0.3) is 0 Å². The molecule has 2 heterocycles. The number of benzene rings is 4. The summed E-state index contributed by atoms with van der Waals surface area (Å²) in [5.74, 6) is 0. The predicted molar refractivity (Wildman–Crippen MR) is 184 cm³/mol. The first-order chi connectivity index (χ1) is 21.6. The minimum absolute atomic E-state index is 0.0763. The minimum Gasteiger partial charge on any atom is -0.361 e. The Bertz CT molecular complexity index is 2080. The molecule has 1 saturated carbocycles. The highest BCUT2D eigenvalue weighted by Gasteiger charge is 2.73. The van der Waals surface area contributed by atoms with Gasteiger partial charge in [0.2, 0.25) is 0 Å². The molecule has 3 heteroatoms. The van der Waals surface area contributed by atoms with Crippen LogP contribution < -0.4 is 9.80 Å². The molecule has 9 rings (SSSR count). The van der Waals surface area contributed by atoms with E-state index in [9.17, 15) is 0 Å². The lowest BCUT2D eigenvalue weighted by molar-refractivity contribution is 0.678. The number of allylic oxidation sites excluding steroid dienone is 4. The molecule has 0 saturated heterocycles. The number of para-hydroxylation sites is 2. The van der Waals surface area contributed by atoms with E-state index in [-0.39, 0.29) is 11.0 Å². The van der Waals surface area contributed by atoms with Crippen LogP contribution in [0, 0.1) is 6.92 Å². The molecule has 0 radical (unpaired) electrons. The third-order valence-electron chi connectivity index (χ3n) is 10.3. The van der Waals surface area contributed by atoms with E-state index in [0.717, 1.165) is 19.4 Å². The summed E-state index contributed by atoms with van der Waals surface area (Å²) in [5.41, 5.74) is 12.9. The number of hydrogen-bond acceptors (Lipinski definition) is 2. The van der Waals surface area contributed by atoms with E-state index in [2.05, 4.69) is 168 Å². The van der Waals surface area contributed by atoms with Gasteiger partial charge < -0.3 is 14.4 Å². The van der Waals surface area contributed by atoms with Crippen molar-refractivity contribution in [1.29, 1.82) is 0 Å². The van der Waals surface area contributed by atoms with Crippen molar-refractivity contribution in [2.75, 3.05) is 16.3 Å². The number of fused-ring (bicyclic) bond motifs is 4. The van der Waals surface area contributed by atoms with Crippen LogP contribution in [0.5, 0.6) is 0 Å². The van der Waals surface area contributed by atoms with Gasteiger partial charge in [-0.25, -0.2) is 0 Å². The fraction of sp³-hybridized carbons (Fsp3) is 0.171. The zero-order chi connectivity index (χ0) is 29.5. The predicted octanol–water partition coefficient (Wildman–Crippen LogP) is 9.58. The zero-order valence-electron chi connectivity index (χ0n) is 25.2. The largest absolute Gasteiger partial charge is 0.361 e. The molecule has 0 amide bonds. The zero-order valence-corrected chi connectivity index (χ0v) is 25.2. The van der Waals surface area contributed by atoms with Crippen molar-refractivity contribution in [3.05, 3.63) is 162 Å². The number of aromatic nitrogens is 1. The van der Waals surface area contributed by atoms with Gasteiger partial charge in [0.15, 0.2) is 0 Å². The molecule has 0 spiro atoms. The third-order valence-corrected chi connectivity index (χ3v) is 10.3. The Labute approximate surface area is 259 Å². The van der Waals surface area contributed by atoms with Gasteiger partial charge in [-0.2, -0.15) is 0 Å². The Morgan fingerprint density at radius 2 is 1.61 bits per heavy atom. The summed E-state index contributed by atoms with van der Waals surface area (Å²) in [6.07, 6.45) is 18.5. The van der Waals surface area contributed by atoms with Crippen molar-refractivity contribution in [2.45, 2.75) is 37.6 Å². The number of rotatable bonds is 5. The first-order valence-corrected chi connectivity index (χ1v) is 15.9. The maximum absolute atomic E-state index is 2.62. The summed E-state index contributed by atoms with van der Waals surface area (Å²) in [5, 5.41) is 1.30. The summed E-state index contributed by atoms with van der Waals surface area (Å²) in [6.45, 7) is 5.49. The van der Waals surface area contributed by atoms with E-state index in [1.165, 1.54) is 61.7 Å². The van der Waals surface area contributed by atoms with E-state index in [0.29, 0.717) is 0 Å². The molecule has 2 atom stereocenters. The highest BCUT2D eigenvalue weighted by molar-refractivity contribution is 5.95. The highest BCUT2D eigenvalue weighted by Crippen LogP contribution is 2.71. The first-order valence-electron chi connectivity index (χ1n) is 15.9. The maximum atomic E-state index is 2.62. The summed E-state index contributed by atoms with van der Waals surface area (Å²) < 4.78 is 2.45. The van der Waals surface area contributed by atoms with Crippen LogP contribution in [-0.4, -0.2) is 16.7 Å². The van der Waals surface area contributed by atoms with Crippen LogP contribution >= 0.6 is 0 Å². The normalized spacial score (nSPS) is 22.2. The highest BCUT2D eigenvalue weighted by atomic mass is 15.3. The summed E-state index contributed by atoms with van der Waals surface area (Å²) in [7, 11) is 0. The van der Waals surface area contributed by atoms with Gasteiger partial charge >= 0.3 is 0 Å². The van der Waals surface area contributed by atoms with Crippen LogP contribution in [0.4, 0.5) is 17.1 Å². The van der Waals surface area contributed by atoms with Crippen LogP contribution in [0.2, 0.25) is 0 Å². The third kappa shape index (κ3) is 3.38. The van der Waals surface area contributed by atoms with Gasteiger partial charge in [-0.1, -0.05) is 78.4 Å². The van der Waals surface area contributed by atoms with Crippen LogP contribution in [0.15, 0.2) is 139 Å². The topological polar surface area (TPSA) is 11.4 Å². The molecule has 0 N–H and O–H groups in total. The lowest BCUT2D eigenvalue weighted by atomic mass is 9.89. The Kier molecular flexibility index (Phi) is 5.35. The second-order valence-electron chi connectivity index (χ2n) is 12.6. The molecule has 1 fully saturated rings. The number of aryl methyl sites for hydroxylation is 1. The van der Waals surface area contributed by atoms with E-state index < -0.39 is 0 Å². The summed E-state index contributed by atoms with van der Waals surface area (Å²) in [6, 6.07) is 35.7. The van der Waals surface area contributed by atoms with Gasteiger partial charge in [0.05, 0.1) is 11.1 Å². The molecule has 4 aromatic carbocycles. The van der Waals surface area contributed by atoms with Gasteiger partial charge in [0, 0.05) is 63.5 Å². The Morgan fingerprint density at radius 1 is 0.818 bits per heavy atom. The van der Waals surface area contributed by atoms with E-state index in [1.54, 1.807) is 0 Å². The van der Waals surface area contributed by atoms with Gasteiger partial charge in [-0.15, -0.1) is 0 Å². The lowest BCUT2D eigenvalue weighted by Crippen LogP contribution is -2.36. The molecular weight excluding hydrogens is 534 g/mol. The van der Waals surface area contributed by atoms with Crippen LogP contribution in [0.25, 0.3) is 22.7 Å². The molecule has 1 aromatic heterocycles. The summed E-state index contributed by atoms with van der Waals surface area (Å²) in [4.78, 5) is 5.07. The lowest BCUT2D eigenvalue weighted by Gasteiger charge is -2.30. The molecule has 2 unspecified atom stereocenters. The van der Waals surface area contributed by atoms with Gasteiger partial charge in [-0.3, -0.25) is 0 Å². The fourth-order valence-electron chi connectivity index (χ4n) is 8.36. The molecule has 0 bridgehead atoms. The van der Waals surface area contributed by atoms with Crippen molar-refractivity contribution < 1.29 is 0 Å².